The summed E-state index contributed by atoms with van der Waals surface area (Å²) in [7, 11) is 0. The second kappa shape index (κ2) is 6.95. The van der Waals surface area contributed by atoms with Gasteiger partial charge in [-0.15, -0.1) is 0 Å². The van der Waals surface area contributed by atoms with Crippen molar-refractivity contribution in [3.05, 3.63) is 101 Å². The molecule has 1 aliphatic rings. The average Bonchev–Trinajstić information content (AvgIpc) is 2.90. The van der Waals surface area contributed by atoms with Crippen LogP contribution in [0.25, 0.3) is 0 Å². The van der Waals surface area contributed by atoms with Gasteiger partial charge in [-0.25, -0.2) is 4.39 Å². The van der Waals surface area contributed by atoms with Crippen molar-refractivity contribution in [2.45, 2.75) is 19.1 Å². The van der Waals surface area contributed by atoms with Crippen molar-refractivity contribution in [2.75, 3.05) is 4.90 Å². The third-order valence-corrected chi connectivity index (χ3v) is 4.82. The van der Waals surface area contributed by atoms with E-state index in [1.807, 2.05) is 61.5 Å². The Bertz CT molecular complexity index is 1100. The molecule has 4 rings (SSSR count). The molecule has 4 heteroatoms. The summed E-state index contributed by atoms with van der Waals surface area (Å²) >= 11 is 0. The predicted molar refractivity (Wildman–Crippen MR) is 106 cm³/mol. The number of amides is 1. The number of rotatable bonds is 2. The number of hydrogen-bond donors (Lipinski definition) is 1. The topological polar surface area (TPSA) is 40.5 Å². The lowest BCUT2D eigenvalue weighted by Gasteiger charge is -2.19. The smallest absolute Gasteiger partial charge is 0.276 e. The normalized spacial score (nSPS) is 17.8. The molecule has 0 saturated carbocycles. The number of aliphatic hydroxyl groups is 1. The van der Waals surface area contributed by atoms with Crippen LogP contribution in [-0.4, -0.2) is 11.0 Å². The number of hydrogen-bond acceptors (Lipinski definition) is 2. The summed E-state index contributed by atoms with van der Waals surface area (Å²) in [5.41, 5.74) is 1.22. The molecule has 0 spiro atoms. The van der Waals surface area contributed by atoms with Crippen molar-refractivity contribution >= 4 is 11.6 Å². The molecule has 1 heterocycles. The third kappa shape index (κ3) is 3.17. The van der Waals surface area contributed by atoms with Gasteiger partial charge in [0.05, 0.1) is 12.2 Å². The van der Waals surface area contributed by atoms with Crippen molar-refractivity contribution in [1.82, 2.24) is 0 Å². The highest BCUT2D eigenvalue weighted by Crippen LogP contribution is 2.41. The summed E-state index contributed by atoms with van der Waals surface area (Å²) in [6.07, 6.45) is 0. The van der Waals surface area contributed by atoms with Crippen molar-refractivity contribution in [3.63, 3.8) is 0 Å². The van der Waals surface area contributed by atoms with E-state index in [9.17, 15) is 14.3 Å². The van der Waals surface area contributed by atoms with E-state index >= 15 is 0 Å². The van der Waals surface area contributed by atoms with Gasteiger partial charge in [-0.05, 0) is 48.7 Å². The molecule has 1 N–H and O–H groups in total. The maximum atomic E-state index is 13.9. The van der Waals surface area contributed by atoms with Crippen LogP contribution in [0.4, 0.5) is 10.1 Å². The molecule has 3 aromatic rings. The first-order valence-corrected chi connectivity index (χ1v) is 8.95. The molecular weight excluding hydrogens is 353 g/mol. The number of nitrogens with zero attached hydrogens (tertiary/aromatic N) is 1. The van der Waals surface area contributed by atoms with Gasteiger partial charge >= 0.3 is 0 Å². The minimum atomic E-state index is -2.09. The molecule has 0 aliphatic carbocycles. The summed E-state index contributed by atoms with van der Waals surface area (Å²) < 4.78 is 13.9. The molecule has 1 atom stereocenters. The maximum absolute atomic E-state index is 13.9. The molecule has 28 heavy (non-hydrogen) atoms. The minimum absolute atomic E-state index is 0.174. The number of halogens is 1. The van der Waals surface area contributed by atoms with E-state index in [-0.39, 0.29) is 12.1 Å². The van der Waals surface area contributed by atoms with Crippen molar-refractivity contribution in [1.29, 1.82) is 0 Å². The van der Waals surface area contributed by atoms with Gasteiger partial charge in [0.1, 0.15) is 5.82 Å². The van der Waals surface area contributed by atoms with Gasteiger partial charge in [0.25, 0.3) is 5.91 Å². The van der Waals surface area contributed by atoms with Gasteiger partial charge in [-0.2, -0.15) is 0 Å². The Kier molecular flexibility index (Phi) is 4.46. The van der Waals surface area contributed by atoms with Crippen LogP contribution in [0.5, 0.6) is 0 Å². The van der Waals surface area contributed by atoms with E-state index in [1.165, 1.54) is 23.1 Å². The highest BCUT2D eigenvalue weighted by Gasteiger charge is 2.49. The first kappa shape index (κ1) is 18.0. The van der Waals surface area contributed by atoms with Gasteiger partial charge < -0.3 is 10.0 Å². The highest BCUT2D eigenvalue weighted by molar-refractivity contribution is 6.09. The van der Waals surface area contributed by atoms with Gasteiger partial charge in [-0.3, -0.25) is 4.79 Å². The highest BCUT2D eigenvalue weighted by atomic mass is 19.1. The Morgan fingerprint density at radius 3 is 2.46 bits per heavy atom. The van der Waals surface area contributed by atoms with Crippen LogP contribution in [0.15, 0.2) is 72.8 Å². The molecule has 1 aliphatic heterocycles. The number of fused-ring (bicyclic) bond motifs is 1. The summed E-state index contributed by atoms with van der Waals surface area (Å²) in [6, 6.07) is 20.9. The molecule has 138 valence electrons. The van der Waals surface area contributed by atoms with E-state index < -0.39 is 17.3 Å². The van der Waals surface area contributed by atoms with Crippen LogP contribution in [-0.2, 0) is 16.9 Å². The first-order chi connectivity index (χ1) is 13.5. The van der Waals surface area contributed by atoms with Gasteiger partial charge in [0, 0.05) is 11.1 Å². The zero-order chi connectivity index (χ0) is 19.7. The van der Waals surface area contributed by atoms with Crippen LogP contribution >= 0.6 is 0 Å². The van der Waals surface area contributed by atoms with Crippen molar-refractivity contribution in [2.24, 2.45) is 0 Å². The molecule has 3 nitrogen and oxygen atoms in total. The van der Waals surface area contributed by atoms with E-state index in [0.717, 1.165) is 11.1 Å². The molecular formula is C24H18FNO2. The van der Waals surface area contributed by atoms with Crippen LogP contribution in [0.3, 0.4) is 0 Å². The number of carbonyl (C=O) groups is 1. The van der Waals surface area contributed by atoms with E-state index in [2.05, 4.69) is 11.8 Å². The number of aryl methyl sites for hydroxylation is 1. The molecule has 3 aromatic carbocycles. The van der Waals surface area contributed by atoms with Crippen LogP contribution < -0.4 is 4.90 Å². The minimum Gasteiger partial charge on any atom is -0.366 e. The van der Waals surface area contributed by atoms with Gasteiger partial charge in [0.15, 0.2) is 0 Å². The maximum Gasteiger partial charge on any atom is 0.276 e. The summed E-state index contributed by atoms with van der Waals surface area (Å²) in [4.78, 5) is 14.6. The number of carbonyl (C=O) groups excluding carboxylic acids is 1. The summed E-state index contributed by atoms with van der Waals surface area (Å²) in [5.74, 6) is 4.45. The fraction of sp³-hybridized carbons (Fsp3) is 0.125. The van der Waals surface area contributed by atoms with Crippen LogP contribution in [0.2, 0.25) is 0 Å². The monoisotopic (exact) mass is 371 g/mol. The van der Waals surface area contributed by atoms with Gasteiger partial charge in [-0.1, -0.05) is 53.9 Å². The summed E-state index contributed by atoms with van der Waals surface area (Å²) in [5, 5.41) is 11.2. The SMILES string of the molecule is Cc1ccc(C#C[C@@]2(O)C(=O)N(Cc3ccccc3)c3ccc(F)cc32)cc1. The Morgan fingerprint density at radius 1 is 1.04 bits per heavy atom. The standard InChI is InChI=1S/C24H18FNO2/c1-17-7-9-18(10-8-17)13-14-24(28)21-15-20(25)11-12-22(21)26(23(24)27)16-19-5-3-2-4-6-19/h2-12,15,28H,16H2,1H3/t24-/m0/s1. The van der Waals surface area contributed by atoms with Crippen LogP contribution in [0, 0.1) is 24.6 Å². The Balaban J connectivity index is 1.77. The largest absolute Gasteiger partial charge is 0.366 e. The molecule has 0 fully saturated rings. The van der Waals surface area contributed by atoms with Crippen LogP contribution in [0.1, 0.15) is 22.3 Å². The van der Waals surface area contributed by atoms with E-state index in [0.29, 0.717) is 11.3 Å². The van der Waals surface area contributed by atoms with Crippen molar-refractivity contribution in [3.8, 4) is 11.8 Å². The molecule has 0 saturated heterocycles. The lowest BCUT2D eigenvalue weighted by Crippen LogP contribution is -2.39. The lowest BCUT2D eigenvalue weighted by molar-refractivity contribution is -0.130. The number of anilines is 1. The lowest BCUT2D eigenvalue weighted by atomic mass is 9.95. The molecule has 0 bridgehead atoms. The summed E-state index contributed by atoms with van der Waals surface area (Å²) in [6.45, 7) is 2.23. The number of benzene rings is 3. The second-order valence-electron chi connectivity index (χ2n) is 6.86. The van der Waals surface area contributed by atoms with E-state index in [1.54, 1.807) is 0 Å². The predicted octanol–water partition coefficient (Wildman–Crippen LogP) is 3.92. The molecule has 0 unspecified atom stereocenters. The quantitative estimate of drug-likeness (QED) is 0.694. The fourth-order valence-corrected chi connectivity index (χ4v) is 3.30. The Hall–Kier alpha value is -3.42. The molecule has 0 aromatic heterocycles. The van der Waals surface area contributed by atoms with E-state index in [4.69, 9.17) is 0 Å². The average molecular weight is 371 g/mol. The van der Waals surface area contributed by atoms with Gasteiger partial charge in [0.2, 0.25) is 5.60 Å². The first-order valence-electron chi connectivity index (χ1n) is 8.95. The zero-order valence-electron chi connectivity index (χ0n) is 15.3. The third-order valence-electron chi connectivity index (χ3n) is 4.82. The Labute approximate surface area is 163 Å². The Morgan fingerprint density at radius 2 is 1.75 bits per heavy atom. The second-order valence-corrected chi connectivity index (χ2v) is 6.86. The zero-order valence-corrected chi connectivity index (χ0v) is 15.3. The molecule has 1 amide bonds. The van der Waals surface area contributed by atoms with Crippen molar-refractivity contribution < 1.29 is 14.3 Å². The molecule has 0 radical (unpaired) electrons. The fourth-order valence-electron chi connectivity index (χ4n) is 3.30.